The van der Waals surface area contributed by atoms with Crippen LogP contribution in [-0.4, -0.2) is 55.7 Å². The average molecular weight is 241 g/mol. The summed E-state index contributed by atoms with van der Waals surface area (Å²) < 4.78 is 5.25. The minimum absolute atomic E-state index is 0.00959. The molecule has 0 aromatic carbocycles. The van der Waals surface area contributed by atoms with E-state index < -0.39 is 5.54 Å². The van der Waals surface area contributed by atoms with E-state index in [1.807, 2.05) is 0 Å². The molecule has 2 fully saturated rings. The van der Waals surface area contributed by atoms with Gasteiger partial charge in [-0.15, -0.1) is 0 Å². The minimum atomic E-state index is -0.707. The molecule has 98 valence electrons. The maximum absolute atomic E-state index is 12.2. The highest BCUT2D eigenvalue weighted by Crippen LogP contribution is 2.19. The predicted octanol–water partition coefficient (Wildman–Crippen LogP) is -0.295. The van der Waals surface area contributed by atoms with Crippen molar-refractivity contribution in [2.75, 3.05) is 33.4 Å². The Morgan fingerprint density at radius 1 is 1.35 bits per heavy atom. The third-order valence-corrected chi connectivity index (χ3v) is 3.89. The summed E-state index contributed by atoms with van der Waals surface area (Å²) in [6.07, 6.45) is 3.31. The molecule has 1 amide bonds. The van der Waals surface area contributed by atoms with Crippen LogP contribution in [0.1, 0.15) is 25.7 Å². The molecule has 0 radical (unpaired) electrons. The number of carbonyl (C=O) groups excluding carboxylic acids is 1. The van der Waals surface area contributed by atoms with Crippen molar-refractivity contribution in [3.63, 3.8) is 0 Å². The maximum atomic E-state index is 12.2. The van der Waals surface area contributed by atoms with Crippen LogP contribution in [0.25, 0.3) is 0 Å². The molecule has 0 aliphatic carbocycles. The summed E-state index contributed by atoms with van der Waals surface area (Å²) in [5.41, 5.74) is 5.44. The molecule has 0 aromatic rings. The highest BCUT2D eigenvalue weighted by atomic mass is 16.5. The number of hydrogen-bond donors (Lipinski definition) is 2. The van der Waals surface area contributed by atoms with Crippen LogP contribution in [0.15, 0.2) is 0 Å². The molecule has 2 saturated heterocycles. The fourth-order valence-corrected chi connectivity index (χ4v) is 2.44. The van der Waals surface area contributed by atoms with Crippen molar-refractivity contribution in [1.82, 2.24) is 10.2 Å². The largest absolute Gasteiger partial charge is 0.381 e. The summed E-state index contributed by atoms with van der Waals surface area (Å²) in [6, 6.07) is 0.293. The molecule has 0 unspecified atom stereocenters. The Labute approximate surface area is 103 Å². The number of nitrogens with two attached hydrogens (primary N) is 1. The van der Waals surface area contributed by atoms with Crippen molar-refractivity contribution in [2.45, 2.75) is 37.3 Å². The normalized spacial score (nSPS) is 26.7. The number of nitrogens with zero attached hydrogens (tertiary/aromatic N) is 1. The van der Waals surface area contributed by atoms with Crippen LogP contribution in [-0.2, 0) is 9.53 Å². The number of hydrogen-bond acceptors (Lipinski definition) is 4. The fraction of sp³-hybridized carbons (Fsp3) is 0.917. The summed E-state index contributed by atoms with van der Waals surface area (Å²) in [5, 5.41) is 3.10. The standard InChI is InChI=1S/C12H23N3O2/c1-15-6-2-10(3-7-15)14-11(16)12(13)4-8-17-9-5-12/h10H,2-9,13H2,1H3,(H,14,16). The first-order valence-electron chi connectivity index (χ1n) is 6.46. The second-order valence-corrected chi connectivity index (χ2v) is 5.32. The zero-order valence-electron chi connectivity index (χ0n) is 10.6. The van der Waals surface area contributed by atoms with Gasteiger partial charge >= 0.3 is 0 Å². The summed E-state index contributed by atoms with van der Waals surface area (Å²) in [5.74, 6) is 0.00959. The highest BCUT2D eigenvalue weighted by Gasteiger charge is 2.37. The van der Waals surface area contributed by atoms with E-state index in [2.05, 4.69) is 17.3 Å². The van der Waals surface area contributed by atoms with Crippen molar-refractivity contribution in [3.05, 3.63) is 0 Å². The summed E-state index contributed by atoms with van der Waals surface area (Å²) >= 11 is 0. The number of nitrogens with one attached hydrogen (secondary N) is 1. The highest BCUT2D eigenvalue weighted by molar-refractivity contribution is 5.86. The lowest BCUT2D eigenvalue weighted by Crippen LogP contribution is -2.59. The van der Waals surface area contributed by atoms with Gasteiger partial charge in [0.05, 0.1) is 5.54 Å². The lowest BCUT2D eigenvalue weighted by atomic mass is 9.89. The summed E-state index contributed by atoms with van der Waals surface area (Å²) in [4.78, 5) is 14.5. The van der Waals surface area contributed by atoms with Gasteiger partial charge in [0.15, 0.2) is 0 Å². The van der Waals surface area contributed by atoms with Gasteiger partial charge < -0.3 is 20.7 Å². The maximum Gasteiger partial charge on any atom is 0.240 e. The third kappa shape index (κ3) is 3.18. The SMILES string of the molecule is CN1CCC(NC(=O)C2(N)CCOCC2)CC1. The van der Waals surface area contributed by atoms with Crippen molar-refractivity contribution in [3.8, 4) is 0 Å². The van der Waals surface area contributed by atoms with Gasteiger partial charge in [-0.3, -0.25) is 4.79 Å². The molecule has 5 heteroatoms. The van der Waals surface area contributed by atoms with Gasteiger partial charge in [0, 0.05) is 19.3 Å². The van der Waals surface area contributed by atoms with Gasteiger partial charge in [0.2, 0.25) is 5.91 Å². The van der Waals surface area contributed by atoms with Crippen molar-refractivity contribution >= 4 is 5.91 Å². The van der Waals surface area contributed by atoms with Gasteiger partial charge in [-0.2, -0.15) is 0 Å². The second kappa shape index (κ2) is 5.33. The Balaban J connectivity index is 1.83. The van der Waals surface area contributed by atoms with E-state index >= 15 is 0 Å². The van der Waals surface area contributed by atoms with Crippen LogP contribution in [0, 0.1) is 0 Å². The van der Waals surface area contributed by atoms with E-state index in [4.69, 9.17) is 10.5 Å². The molecule has 2 aliphatic rings. The van der Waals surface area contributed by atoms with E-state index in [-0.39, 0.29) is 5.91 Å². The molecule has 17 heavy (non-hydrogen) atoms. The van der Waals surface area contributed by atoms with Crippen LogP contribution in [0.4, 0.5) is 0 Å². The molecule has 3 N–H and O–H groups in total. The van der Waals surface area contributed by atoms with Crippen LogP contribution < -0.4 is 11.1 Å². The number of carbonyl (C=O) groups is 1. The predicted molar refractivity (Wildman–Crippen MR) is 65.6 cm³/mol. The van der Waals surface area contributed by atoms with Gasteiger partial charge in [-0.05, 0) is 45.8 Å². The Bertz CT molecular complexity index is 269. The zero-order chi connectivity index (χ0) is 12.3. The third-order valence-electron chi connectivity index (χ3n) is 3.89. The monoisotopic (exact) mass is 241 g/mol. The molecular weight excluding hydrogens is 218 g/mol. The first-order valence-corrected chi connectivity index (χ1v) is 6.46. The summed E-state index contributed by atoms with van der Waals surface area (Å²) in [7, 11) is 2.11. The van der Waals surface area contributed by atoms with E-state index in [9.17, 15) is 4.79 Å². The minimum Gasteiger partial charge on any atom is -0.381 e. The van der Waals surface area contributed by atoms with E-state index in [1.54, 1.807) is 0 Å². The van der Waals surface area contributed by atoms with Gasteiger partial charge in [0.1, 0.15) is 0 Å². The quantitative estimate of drug-likeness (QED) is 0.697. The van der Waals surface area contributed by atoms with E-state index in [1.165, 1.54) is 0 Å². The molecule has 0 bridgehead atoms. The van der Waals surface area contributed by atoms with Crippen LogP contribution in [0.3, 0.4) is 0 Å². The van der Waals surface area contributed by atoms with Gasteiger partial charge in [0.25, 0.3) is 0 Å². The fourth-order valence-electron chi connectivity index (χ4n) is 2.44. The lowest BCUT2D eigenvalue weighted by Gasteiger charge is -2.35. The van der Waals surface area contributed by atoms with E-state index in [0.717, 1.165) is 25.9 Å². The number of likely N-dealkylation sites (tertiary alicyclic amines) is 1. The summed E-state index contributed by atoms with van der Waals surface area (Å²) in [6.45, 7) is 3.28. The van der Waals surface area contributed by atoms with Gasteiger partial charge in [-0.1, -0.05) is 0 Å². The lowest BCUT2D eigenvalue weighted by molar-refractivity contribution is -0.130. The Morgan fingerprint density at radius 3 is 2.53 bits per heavy atom. The average Bonchev–Trinajstić information content (AvgIpc) is 2.33. The van der Waals surface area contributed by atoms with Crippen LogP contribution in [0.5, 0.6) is 0 Å². The molecule has 0 atom stereocenters. The molecule has 2 rings (SSSR count). The zero-order valence-corrected chi connectivity index (χ0v) is 10.6. The Morgan fingerprint density at radius 2 is 1.94 bits per heavy atom. The smallest absolute Gasteiger partial charge is 0.240 e. The van der Waals surface area contributed by atoms with Crippen LogP contribution >= 0.6 is 0 Å². The first kappa shape index (κ1) is 12.8. The Hall–Kier alpha value is -0.650. The number of rotatable bonds is 2. The number of ether oxygens (including phenoxy) is 1. The van der Waals surface area contributed by atoms with Crippen molar-refractivity contribution in [2.24, 2.45) is 5.73 Å². The first-order chi connectivity index (χ1) is 8.10. The number of piperidine rings is 1. The molecule has 0 saturated carbocycles. The topological polar surface area (TPSA) is 67.6 Å². The van der Waals surface area contributed by atoms with Gasteiger partial charge in [-0.25, -0.2) is 0 Å². The second-order valence-electron chi connectivity index (χ2n) is 5.32. The molecular formula is C12H23N3O2. The van der Waals surface area contributed by atoms with E-state index in [0.29, 0.717) is 32.1 Å². The molecule has 2 heterocycles. The molecule has 0 aromatic heterocycles. The Kier molecular flexibility index (Phi) is 4.01. The molecule has 5 nitrogen and oxygen atoms in total. The molecule has 0 spiro atoms. The van der Waals surface area contributed by atoms with Crippen LogP contribution in [0.2, 0.25) is 0 Å². The van der Waals surface area contributed by atoms with Crippen molar-refractivity contribution < 1.29 is 9.53 Å². The number of amides is 1. The van der Waals surface area contributed by atoms with Crippen molar-refractivity contribution in [1.29, 1.82) is 0 Å². The molecule has 2 aliphatic heterocycles.